The predicted molar refractivity (Wildman–Crippen MR) is 96.8 cm³/mol. The number of hydrogen-bond donors (Lipinski definition) is 1. The third kappa shape index (κ3) is 3.48. The van der Waals surface area contributed by atoms with Crippen molar-refractivity contribution in [2.24, 2.45) is 11.8 Å². The van der Waals surface area contributed by atoms with Crippen molar-refractivity contribution in [1.82, 2.24) is 4.90 Å². The van der Waals surface area contributed by atoms with E-state index in [1.807, 2.05) is 0 Å². The number of piperidine rings is 1. The Morgan fingerprint density at radius 2 is 1.81 bits per heavy atom. The SMILES string of the molecule is CC(C)N1CC2CCCC(C1)C2Nc1ccc(Br)cc1Br. The first-order valence-corrected chi connectivity index (χ1v) is 9.59. The van der Waals surface area contributed by atoms with E-state index in [0.29, 0.717) is 12.1 Å². The molecule has 1 aromatic rings. The van der Waals surface area contributed by atoms with Gasteiger partial charge in [-0.15, -0.1) is 0 Å². The van der Waals surface area contributed by atoms with Gasteiger partial charge in [-0.2, -0.15) is 0 Å². The summed E-state index contributed by atoms with van der Waals surface area (Å²) in [5.41, 5.74) is 1.23. The maximum absolute atomic E-state index is 3.84. The predicted octanol–water partition coefficient (Wildman–Crippen LogP) is 5.13. The fourth-order valence-electron chi connectivity index (χ4n) is 3.92. The van der Waals surface area contributed by atoms with E-state index in [1.54, 1.807) is 0 Å². The lowest BCUT2D eigenvalue weighted by molar-refractivity contribution is 0.0518. The molecule has 0 spiro atoms. The van der Waals surface area contributed by atoms with Crippen LogP contribution in [0.2, 0.25) is 0 Å². The van der Waals surface area contributed by atoms with Crippen molar-refractivity contribution in [2.75, 3.05) is 18.4 Å². The number of anilines is 1. The minimum atomic E-state index is 0.631. The molecule has 2 aliphatic rings. The third-order valence-electron chi connectivity index (χ3n) is 5.09. The molecular formula is C17H24Br2N2. The Bertz CT molecular complexity index is 490. The normalized spacial score (nSPS) is 29.7. The van der Waals surface area contributed by atoms with Crippen molar-refractivity contribution in [2.45, 2.75) is 45.2 Å². The zero-order chi connectivity index (χ0) is 15.0. The number of fused-ring (bicyclic) bond motifs is 2. The smallest absolute Gasteiger partial charge is 0.0487 e. The molecule has 2 atom stereocenters. The highest BCUT2D eigenvalue weighted by Crippen LogP contribution is 2.38. The van der Waals surface area contributed by atoms with E-state index < -0.39 is 0 Å². The summed E-state index contributed by atoms with van der Waals surface area (Å²) in [4.78, 5) is 2.67. The van der Waals surface area contributed by atoms with Crippen LogP contribution in [-0.4, -0.2) is 30.1 Å². The summed E-state index contributed by atoms with van der Waals surface area (Å²) in [5.74, 6) is 1.57. The third-order valence-corrected chi connectivity index (χ3v) is 6.24. The molecule has 1 saturated heterocycles. The first-order chi connectivity index (χ1) is 10.0. The summed E-state index contributed by atoms with van der Waals surface area (Å²) in [6, 6.07) is 7.73. The van der Waals surface area contributed by atoms with Gasteiger partial charge in [-0.3, -0.25) is 0 Å². The van der Waals surface area contributed by atoms with E-state index in [4.69, 9.17) is 0 Å². The van der Waals surface area contributed by atoms with Gasteiger partial charge < -0.3 is 10.2 Å². The molecule has 3 rings (SSSR count). The Morgan fingerprint density at radius 3 is 2.38 bits per heavy atom. The van der Waals surface area contributed by atoms with Gasteiger partial charge in [0, 0.05) is 39.8 Å². The molecule has 0 aromatic heterocycles. The zero-order valence-electron chi connectivity index (χ0n) is 12.8. The number of hydrogen-bond acceptors (Lipinski definition) is 2. The molecule has 1 heterocycles. The van der Waals surface area contributed by atoms with Gasteiger partial charge in [0.1, 0.15) is 0 Å². The second kappa shape index (κ2) is 6.59. The van der Waals surface area contributed by atoms with Crippen molar-refractivity contribution in [1.29, 1.82) is 0 Å². The minimum absolute atomic E-state index is 0.631. The maximum Gasteiger partial charge on any atom is 0.0487 e. The number of benzene rings is 1. The molecule has 2 unspecified atom stereocenters. The molecule has 2 nitrogen and oxygen atoms in total. The van der Waals surface area contributed by atoms with Gasteiger partial charge in [0.15, 0.2) is 0 Å². The largest absolute Gasteiger partial charge is 0.381 e. The van der Waals surface area contributed by atoms with Gasteiger partial charge in [-0.25, -0.2) is 0 Å². The number of nitrogens with one attached hydrogen (secondary N) is 1. The van der Waals surface area contributed by atoms with Crippen LogP contribution in [0.25, 0.3) is 0 Å². The lowest BCUT2D eigenvalue weighted by Crippen LogP contribution is -2.56. The molecule has 4 heteroatoms. The molecule has 1 N–H and O–H groups in total. The highest BCUT2D eigenvalue weighted by atomic mass is 79.9. The van der Waals surface area contributed by atoms with Crippen molar-refractivity contribution in [3.63, 3.8) is 0 Å². The Balaban J connectivity index is 1.76. The molecule has 0 radical (unpaired) electrons. The summed E-state index contributed by atoms with van der Waals surface area (Å²) < 4.78 is 2.27. The summed E-state index contributed by atoms with van der Waals surface area (Å²) >= 11 is 7.22. The molecule has 1 saturated carbocycles. The minimum Gasteiger partial charge on any atom is -0.381 e. The maximum atomic E-state index is 3.84. The highest BCUT2D eigenvalue weighted by molar-refractivity contribution is 9.11. The van der Waals surface area contributed by atoms with E-state index in [0.717, 1.165) is 20.8 Å². The van der Waals surface area contributed by atoms with Crippen LogP contribution in [-0.2, 0) is 0 Å². The van der Waals surface area contributed by atoms with Gasteiger partial charge in [0.2, 0.25) is 0 Å². The first-order valence-electron chi connectivity index (χ1n) is 8.00. The van der Waals surface area contributed by atoms with Crippen LogP contribution in [0.1, 0.15) is 33.1 Å². The zero-order valence-corrected chi connectivity index (χ0v) is 16.0. The van der Waals surface area contributed by atoms with Crippen LogP contribution < -0.4 is 5.32 Å². The molecule has 1 aliphatic carbocycles. The standard InChI is InChI=1S/C17H24Br2N2/c1-11(2)21-9-12-4-3-5-13(10-21)17(12)20-16-7-6-14(18)8-15(16)19/h6-8,11-13,17,20H,3-5,9-10H2,1-2H3. The van der Waals surface area contributed by atoms with Gasteiger partial charge in [-0.1, -0.05) is 22.4 Å². The number of likely N-dealkylation sites (tertiary alicyclic amines) is 1. The monoisotopic (exact) mass is 414 g/mol. The number of nitrogens with zero attached hydrogens (tertiary/aromatic N) is 1. The van der Waals surface area contributed by atoms with E-state index in [1.165, 1.54) is 38.0 Å². The lowest BCUT2D eigenvalue weighted by Gasteiger charge is -2.49. The average molecular weight is 416 g/mol. The topological polar surface area (TPSA) is 15.3 Å². The van der Waals surface area contributed by atoms with E-state index >= 15 is 0 Å². The molecule has 1 aromatic carbocycles. The quantitative estimate of drug-likeness (QED) is 0.735. The van der Waals surface area contributed by atoms with Gasteiger partial charge in [-0.05, 0) is 72.7 Å². The molecule has 2 fully saturated rings. The number of halogens is 2. The fraction of sp³-hybridized carbons (Fsp3) is 0.647. The Kier molecular flexibility index (Phi) is 4.97. The molecule has 2 bridgehead atoms. The average Bonchev–Trinajstić information content (AvgIpc) is 2.41. The van der Waals surface area contributed by atoms with Crippen molar-refractivity contribution < 1.29 is 0 Å². The van der Waals surface area contributed by atoms with Crippen molar-refractivity contribution >= 4 is 37.5 Å². The first kappa shape index (κ1) is 15.8. The second-order valence-corrected chi connectivity index (χ2v) is 8.56. The molecule has 21 heavy (non-hydrogen) atoms. The highest BCUT2D eigenvalue weighted by Gasteiger charge is 2.40. The summed E-state index contributed by atoms with van der Waals surface area (Å²) in [6.45, 7) is 7.16. The number of rotatable bonds is 3. The fourth-order valence-corrected chi connectivity index (χ4v) is 5.08. The van der Waals surface area contributed by atoms with E-state index in [9.17, 15) is 0 Å². The van der Waals surface area contributed by atoms with Crippen LogP contribution in [0, 0.1) is 11.8 Å². The lowest BCUT2D eigenvalue weighted by atomic mass is 9.73. The molecule has 0 amide bonds. The summed E-state index contributed by atoms with van der Waals surface area (Å²) in [5, 5.41) is 3.84. The van der Waals surface area contributed by atoms with Gasteiger partial charge >= 0.3 is 0 Å². The molecular weight excluding hydrogens is 392 g/mol. The molecule has 116 valence electrons. The van der Waals surface area contributed by atoms with Crippen molar-refractivity contribution in [3.05, 3.63) is 27.1 Å². The van der Waals surface area contributed by atoms with Crippen LogP contribution in [0.5, 0.6) is 0 Å². The Labute approximate surface area is 144 Å². The van der Waals surface area contributed by atoms with Gasteiger partial charge in [0.25, 0.3) is 0 Å². The summed E-state index contributed by atoms with van der Waals surface area (Å²) in [7, 11) is 0. The molecule has 1 aliphatic heterocycles. The Hall–Kier alpha value is -0.0600. The van der Waals surface area contributed by atoms with Crippen LogP contribution in [0.4, 0.5) is 5.69 Å². The van der Waals surface area contributed by atoms with Crippen molar-refractivity contribution in [3.8, 4) is 0 Å². The van der Waals surface area contributed by atoms with Crippen LogP contribution in [0.15, 0.2) is 27.1 Å². The van der Waals surface area contributed by atoms with Crippen LogP contribution in [0.3, 0.4) is 0 Å². The van der Waals surface area contributed by atoms with Gasteiger partial charge in [0.05, 0.1) is 0 Å². The van der Waals surface area contributed by atoms with E-state index in [2.05, 4.69) is 74.1 Å². The van der Waals surface area contributed by atoms with Crippen LogP contribution >= 0.6 is 31.9 Å². The Morgan fingerprint density at radius 1 is 1.14 bits per heavy atom. The summed E-state index contributed by atoms with van der Waals surface area (Å²) in [6.07, 6.45) is 4.14. The van der Waals surface area contributed by atoms with E-state index in [-0.39, 0.29) is 0 Å². The second-order valence-electron chi connectivity index (χ2n) is 6.79.